The average molecular weight is 340 g/mol. The van der Waals surface area contributed by atoms with Crippen LogP contribution in [0.2, 0.25) is 5.02 Å². The Balaban J connectivity index is 1.80. The van der Waals surface area contributed by atoms with Crippen molar-refractivity contribution in [3.05, 3.63) is 59.1 Å². The van der Waals surface area contributed by atoms with Gasteiger partial charge in [0, 0.05) is 6.54 Å². The number of halogens is 1. The van der Waals surface area contributed by atoms with Crippen LogP contribution in [-0.4, -0.2) is 21.6 Å². The molecule has 0 amide bonds. The summed E-state index contributed by atoms with van der Waals surface area (Å²) in [5.74, 6) is 0.786. The van der Waals surface area contributed by atoms with Gasteiger partial charge in [0.15, 0.2) is 0 Å². The highest BCUT2D eigenvalue weighted by Gasteiger charge is 2.16. The molecule has 1 N–H and O–H groups in total. The summed E-state index contributed by atoms with van der Waals surface area (Å²) >= 11 is 5.90. The molecule has 0 aromatic heterocycles. The molecular weight excluding hydrogens is 322 g/mol. The highest BCUT2D eigenvalue weighted by molar-refractivity contribution is 7.89. The number of hydrogen-bond donors (Lipinski definition) is 1. The molecule has 0 radical (unpaired) electrons. The van der Waals surface area contributed by atoms with Gasteiger partial charge in [-0.3, -0.25) is 0 Å². The molecule has 0 saturated heterocycles. The molecule has 2 aromatic carbocycles. The van der Waals surface area contributed by atoms with Crippen LogP contribution in [0.3, 0.4) is 0 Å². The molecule has 0 heterocycles. The maximum atomic E-state index is 12.1. The van der Waals surface area contributed by atoms with Crippen molar-refractivity contribution in [2.45, 2.75) is 18.2 Å². The summed E-state index contributed by atoms with van der Waals surface area (Å²) in [6.07, 6.45) is 0.567. The van der Waals surface area contributed by atoms with Gasteiger partial charge in [-0.2, -0.15) is 0 Å². The predicted octanol–water partition coefficient (Wildman–Crippen LogP) is 3.40. The summed E-state index contributed by atoms with van der Waals surface area (Å²) in [5, 5.41) is 0.214. The summed E-state index contributed by atoms with van der Waals surface area (Å²) < 4.78 is 32.3. The topological polar surface area (TPSA) is 55.4 Å². The first-order valence-electron chi connectivity index (χ1n) is 6.93. The summed E-state index contributed by atoms with van der Waals surface area (Å²) in [5.41, 5.74) is 1.12. The molecule has 0 atom stereocenters. The fourth-order valence-electron chi connectivity index (χ4n) is 1.91. The Kier molecular flexibility index (Phi) is 5.83. The van der Waals surface area contributed by atoms with E-state index in [0.29, 0.717) is 19.6 Å². The Bertz CT molecular complexity index is 732. The van der Waals surface area contributed by atoms with Crippen molar-refractivity contribution in [3.63, 3.8) is 0 Å². The van der Waals surface area contributed by atoms with E-state index < -0.39 is 10.0 Å². The van der Waals surface area contributed by atoms with Crippen molar-refractivity contribution < 1.29 is 13.2 Å². The third-order valence-corrected chi connectivity index (χ3v) is 4.96. The maximum Gasteiger partial charge on any atom is 0.242 e. The van der Waals surface area contributed by atoms with Crippen LogP contribution in [0.25, 0.3) is 0 Å². The Morgan fingerprint density at radius 2 is 1.91 bits per heavy atom. The van der Waals surface area contributed by atoms with E-state index in [1.54, 1.807) is 18.2 Å². The SMILES string of the molecule is Cc1cccc(OCCCNS(=O)(=O)c2ccccc2Cl)c1. The van der Waals surface area contributed by atoms with Crippen LogP contribution < -0.4 is 9.46 Å². The average Bonchev–Trinajstić information content (AvgIpc) is 2.47. The normalized spacial score (nSPS) is 11.4. The molecule has 0 aliphatic heterocycles. The molecule has 0 aliphatic rings. The number of aryl methyl sites for hydroxylation is 1. The number of ether oxygens (including phenoxy) is 1. The molecule has 0 aliphatic carbocycles. The lowest BCUT2D eigenvalue weighted by atomic mass is 10.2. The van der Waals surface area contributed by atoms with E-state index in [-0.39, 0.29) is 9.92 Å². The first-order chi connectivity index (χ1) is 10.5. The Labute approximate surface area is 136 Å². The number of hydrogen-bond acceptors (Lipinski definition) is 3. The molecule has 2 rings (SSSR count). The van der Waals surface area contributed by atoms with Crippen LogP contribution in [0.5, 0.6) is 5.75 Å². The Morgan fingerprint density at radius 3 is 2.64 bits per heavy atom. The molecule has 0 saturated carbocycles. The van der Waals surface area contributed by atoms with Crippen molar-refractivity contribution in [2.75, 3.05) is 13.2 Å². The van der Waals surface area contributed by atoms with Crippen molar-refractivity contribution in [3.8, 4) is 5.75 Å². The summed E-state index contributed by atoms with van der Waals surface area (Å²) in [6.45, 7) is 2.72. The second-order valence-corrected chi connectivity index (χ2v) is 6.99. The van der Waals surface area contributed by atoms with Crippen LogP contribution in [-0.2, 0) is 10.0 Å². The fraction of sp³-hybridized carbons (Fsp3) is 0.250. The molecule has 4 nitrogen and oxygen atoms in total. The van der Waals surface area contributed by atoms with Crippen molar-refractivity contribution in [1.82, 2.24) is 4.72 Å². The minimum absolute atomic E-state index is 0.0938. The summed E-state index contributed by atoms with van der Waals surface area (Å²) in [7, 11) is -3.58. The Morgan fingerprint density at radius 1 is 1.14 bits per heavy atom. The van der Waals surface area contributed by atoms with Gasteiger partial charge in [-0.25, -0.2) is 13.1 Å². The zero-order valence-corrected chi connectivity index (χ0v) is 13.8. The monoisotopic (exact) mass is 339 g/mol. The third-order valence-electron chi connectivity index (χ3n) is 3.00. The lowest BCUT2D eigenvalue weighted by Crippen LogP contribution is -2.26. The van der Waals surface area contributed by atoms with E-state index in [9.17, 15) is 8.42 Å². The second-order valence-electron chi connectivity index (χ2n) is 4.85. The zero-order valence-electron chi connectivity index (χ0n) is 12.3. The number of benzene rings is 2. The lowest BCUT2D eigenvalue weighted by Gasteiger charge is -2.09. The standard InChI is InChI=1S/C16H18ClNO3S/c1-13-6-4-7-14(12-13)21-11-5-10-18-22(19,20)16-9-3-2-8-15(16)17/h2-4,6-9,12,18H,5,10-11H2,1H3. The second kappa shape index (κ2) is 7.63. The summed E-state index contributed by atoms with van der Waals surface area (Å²) in [4.78, 5) is 0.0938. The van der Waals surface area contributed by atoms with E-state index in [1.807, 2.05) is 31.2 Å². The quantitative estimate of drug-likeness (QED) is 0.787. The first kappa shape index (κ1) is 16.8. The van der Waals surface area contributed by atoms with Gasteiger partial charge in [0.25, 0.3) is 0 Å². The van der Waals surface area contributed by atoms with Crippen LogP contribution >= 0.6 is 11.6 Å². The number of sulfonamides is 1. The molecule has 22 heavy (non-hydrogen) atoms. The molecule has 118 valence electrons. The van der Waals surface area contributed by atoms with Gasteiger partial charge in [0.05, 0.1) is 11.6 Å². The van der Waals surface area contributed by atoms with Gasteiger partial charge < -0.3 is 4.74 Å². The molecule has 0 spiro atoms. The largest absolute Gasteiger partial charge is 0.494 e. The summed E-state index contributed by atoms with van der Waals surface area (Å²) in [6, 6.07) is 14.1. The molecule has 6 heteroatoms. The first-order valence-corrected chi connectivity index (χ1v) is 8.79. The van der Waals surface area contributed by atoms with Gasteiger partial charge in [0.1, 0.15) is 10.6 Å². The van der Waals surface area contributed by atoms with E-state index in [2.05, 4.69) is 4.72 Å². The maximum absolute atomic E-state index is 12.1. The van der Waals surface area contributed by atoms with Crippen molar-refractivity contribution in [1.29, 1.82) is 0 Å². The van der Waals surface area contributed by atoms with Crippen LogP contribution in [0.1, 0.15) is 12.0 Å². The van der Waals surface area contributed by atoms with Gasteiger partial charge in [-0.15, -0.1) is 0 Å². The highest BCUT2D eigenvalue weighted by Crippen LogP contribution is 2.20. The predicted molar refractivity (Wildman–Crippen MR) is 87.9 cm³/mol. The van der Waals surface area contributed by atoms with Gasteiger partial charge in [0.2, 0.25) is 10.0 Å². The highest BCUT2D eigenvalue weighted by atomic mass is 35.5. The fourth-order valence-corrected chi connectivity index (χ4v) is 3.51. The number of nitrogens with one attached hydrogen (secondary N) is 1. The van der Waals surface area contributed by atoms with E-state index in [4.69, 9.17) is 16.3 Å². The minimum atomic E-state index is -3.58. The van der Waals surface area contributed by atoms with E-state index >= 15 is 0 Å². The third kappa shape index (κ3) is 4.73. The van der Waals surface area contributed by atoms with E-state index in [0.717, 1.165) is 11.3 Å². The van der Waals surface area contributed by atoms with E-state index in [1.165, 1.54) is 6.07 Å². The van der Waals surface area contributed by atoms with Crippen LogP contribution in [0.15, 0.2) is 53.4 Å². The molecule has 0 bridgehead atoms. The van der Waals surface area contributed by atoms with Crippen LogP contribution in [0, 0.1) is 6.92 Å². The van der Waals surface area contributed by atoms with Gasteiger partial charge >= 0.3 is 0 Å². The van der Waals surface area contributed by atoms with Crippen LogP contribution in [0.4, 0.5) is 0 Å². The van der Waals surface area contributed by atoms with Crippen molar-refractivity contribution >= 4 is 21.6 Å². The smallest absolute Gasteiger partial charge is 0.242 e. The van der Waals surface area contributed by atoms with Gasteiger partial charge in [-0.1, -0.05) is 35.9 Å². The molecular formula is C16H18ClNO3S. The lowest BCUT2D eigenvalue weighted by molar-refractivity contribution is 0.311. The number of rotatable bonds is 7. The van der Waals surface area contributed by atoms with Crippen molar-refractivity contribution in [2.24, 2.45) is 0 Å². The molecule has 0 fully saturated rings. The molecule has 2 aromatic rings. The zero-order chi connectivity index (χ0) is 16.0. The minimum Gasteiger partial charge on any atom is -0.494 e. The van der Waals surface area contributed by atoms with Gasteiger partial charge in [-0.05, 0) is 43.2 Å². The Hall–Kier alpha value is -1.56. The molecule has 0 unspecified atom stereocenters.